The van der Waals surface area contributed by atoms with E-state index in [-0.39, 0.29) is 5.41 Å². The van der Waals surface area contributed by atoms with Gasteiger partial charge in [0.15, 0.2) is 0 Å². The molecule has 350 valence electrons. The lowest BCUT2D eigenvalue weighted by Gasteiger charge is -2.37. The van der Waals surface area contributed by atoms with Gasteiger partial charge >= 0.3 is 0 Å². The number of hydrogen-bond acceptors (Lipinski definition) is 2. The molecule has 0 fully saturated rings. The summed E-state index contributed by atoms with van der Waals surface area (Å²) in [7, 11) is 0. The van der Waals surface area contributed by atoms with E-state index >= 15 is 0 Å². The maximum Gasteiger partial charge on any atom is 0.0561 e. The van der Waals surface area contributed by atoms with Gasteiger partial charge in [-0.2, -0.15) is 0 Å². The number of anilines is 6. The van der Waals surface area contributed by atoms with Gasteiger partial charge in [-0.05, 0) is 127 Å². The zero-order valence-electron chi connectivity index (χ0n) is 42.1. The predicted molar refractivity (Wildman–Crippen MR) is 312 cm³/mol. The summed E-state index contributed by atoms with van der Waals surface area (Å²) in [6.07, 6.45) is 0.691. The Bertz CT molecular complexity index is 3820. The van der Waals surface area contributed by atoms with Crippen LogP contribution in [0.25, 0.3) is 76.8 Å². The average molecular weight is 937 g/mol. The first-order valence-electron chi connectivity index (χ1n) is 25.7. The number of aryl methyl sites for hydroxylation is 2. The van der Waals surface area contributed by atoms with Crippen LogP contribution in [0.3, 0.4) is 0 Å². The molecule has 13 rings (SSSR count). The lowest BCUT2D eigenvalue weighted by Crippen LogP contribution is -2.19. The van der Waals surface area contributed by atoms with Gasteiger partial charge in [0.05, 0.1) is 34.1 Å². The Balaban J connectivity index is 1.24. The third-order valence-corrected chi connectivity index (χ3v) is 15.4. The lowest BCUT2D eigenvalue weighted by atomic mass is 9.83. The minimum Gasteiger partial charge on any atom is -0.309 e. The summed E-state index contributed by atoms with van der Waals surface area (Å²) in [6.45, 7) is 11.4. The molecule has 0 saturated heterocycles. The van der Waals surface area contributed by atoms with Crippen LogP contribution in [-0.4, -0.2) is 0 Å². The number of para-hydroxylation sites is 2. The van der Waals surface area contributed by atoms with Gasteiger partial charge in [0.25, 0.3) is 0 Å². The highest BCUT2D eigenvalue weighted by Crippen LogP contribution is 2.55. The van der Waals surface area contributed by atoms with Crippen LogP contribution in [0.2, 0.25) is 0 Å². The Morgan fingerprint density at radius 3 is 1.16 bits per heavy atom. The molecule has 12 aromatic carbocycles. The van der Waals surface area contributed by atoms with Crippen molar-refractivity contribution in [1.29, 1.82) is 0 Å². The van der Waals surface area contributed by atoms with Crippen LogP contribution in [0.4, 0.5) is 34.1 Å². The van der Waals surface area contributed by atoms with Crippen molar-refractivity contribution in [2.24, 2.45) is 0 Å². The summed E-state index contributed by atoms with van der Waals surface area (Å²) in [4.78, 5) is 5.23. The van der Waals surface area contributed by atoms with Crippen LogP contribution < -0.4 is 9.80 Å². The third-order valence-electron chi connectivity index (χ3n) is 15.4. The Morgan fingerprint density at radius 1 is 0.315 bits per heavy atom. The Labute approximate surface area is 429 Å². The zero-order chi connectivity index (χ0) is 49.4. The standard InChI is InChI=1S/C71H56N2/c1-46-20-12-14-26-57(46)50-32-34-52-40-53-35-33-51(58-27-15-13-21-47(58)2)44-66(53)73(64-31-19-17-29-60(64)49-24-10-7-11-25-49)68-45-67(72(65(52)43-50)63-30-18-16-28-59(63)48-22-8-6-9-23-48)61-38-36-54-41-56(71(3,4)5)42-55-37-39-62(68)70(61)69(54)55/h6-39,41-45H,40H2,1-5H3. The molecule has 1 aliphatic rings. The maximum atomic E-state index is 2.61. The van der Waals surface area contributed by atoms with Gasteiger partial charge in [0.1, 0.15) is 0 Å². The molecule has 1 heterocycles. The molecule has 2 heteroatoms. The Kier molecular flexibility index (Phi) is 10.6. The van der Waals surface area contributed by atoms with Gasteiger partial charge in [-0.1, -0.05) is 227 Å². The first kappa shape index (κ1) is 44.2. The normalized spacial score (nSPS) is 12.6. The summed E-state index contributed by atoms with van der Waals surface area (Å²) in [5, 5.41) is 7.49. The number of hydrogen-bond donors (Lipinski definition) is 0. The van der Waals surface area contributed by atoms with Gasteiger partial charge in [0, 0.05) is 33.7 Å². The van der Waals surface area contributed by atoms with Crippen molar-refractivity contribution in [2.75, 3.05) is 9.80 Å². The van der Waals surface area contributed by atoms with Crippen LogP contribution in [0.5, 0.6) is 0 Å². The molecule has 0 N–H and O–H groups in total. The molecular formula is C71H56N2. The fraction of sp³-hybridized carbons (Fsp3) is 0.0986. The highest BCUT2D eigenvalue weighted by molar-refractivity contribution is 6.29. The van der Waals surface area contributed by atoms with Gasteiger partial charge in [-0.15, -0.1) is 0 Å². The Morgan fingerprint density at radius 2 is 0.726 bits per heavy atom. The second-order valence-corrected chi connectivity index (χ2v) is 21.0. The summed E-state index contributed by atoms with van der Waals surface area (Å²) in [5.74, 6) is 0. The van der Waals surface area contributed by atoms with Gasteiger partial charge in [0.2, 0.25) is 0 Å². The van der Waals surface area contributed by atoms with E-state index in [9.17, 15) is 0 Å². The largest absolute Gasteiger partial charge is 0.309 e. The monoisotopic (exact) mass is 936 g/mol. The van der Waals surface area contributed by atoms with Crippen molar-refractivity contribution in [1.82, 2.24) is 0 Å². The topological polar surface area (TPSA) is 6.48 Å². The van der Waals surface area contributed by atoms with E-state index in [1.165, 1.54) is 105 Å². The number of fused-ring (bicyclic) bond motifs is 6. The highest BCUT2D eigenvalue weighted by atomic mass is 15.2. The van der Waals surface area contributed by atoms with Gasteiger partial charge in [-0.3, -0.25) is 0 Å². The number of rotatable bonds is 6. The van der Waals surface area contributed by atoms with Crippen molar-refractivity contribution in [3.63, 3.8) is 0 Å². The fourth-order valence-corrected chi connectivity index (χ4v) is 11.7. The second kappa shape index (κ2) is 17.5. The quantitative estimate of drug-likeness (QED) is 0.153. The summed E-state index contributed by atoms with van der Waals surface area (Å²) >= 11 is 0. The molecule has 0 aliphatic carbocycles. The van der Waals surface area contributed by atoms with E-state index in [1.807, 2.05) is 0 Å². The van der Waals surface area contributed by atoms with E-state index in [0.717, 1.165) is 34.1 Å². The summed E-state index contributed by atoms with van der Waals surface area (Å²) in [6, 6.07) is 88.9. The smallest absolute Gasteiger partial charge is 0.0561 e. The van der Waals surface area contributed by atoms with E-state index in [1.54, 1.807) is 0 Å². The molecule has 0 radical (unpaired) electrons. The first-order chi connectivity index (χ1) is 35.7. The molecule has 0 spiro atoms. The molecule has 0 amide bonds. The maximum absolute atomic E-state index is 2.61. The van der Waals surface area contributed by atoms with Crippen LogP contribution in [-0.2, 0) is 11.8 Å². The van der Waals surface area contributed by atoms with Crippen LogP contribution in [0, 0.1) is 13.8 Å². The predicted octanol–water partition coefficient (Wildman–Crippen LogP) is 20.0. The number of benzene rings is 12. The van der Waals surface area contributed by atoms with E-state index in [0.29, 0.717) is 6.42 Å². The van der Waals surface area contributed by atoms with Crippen molar-refractivity contribution < 1.29 is 0 Å². The lowest BCUT2D eigenvalue weighted by molar-refractivity contribution is 0.591. The molecular weight excluding hydrogens is 881 g/mol. The SMILES string of the molecule is Cc1ccccc1-c1ccc2c(c1)N(c1ccccc1-c1ccccc1)c1cc(c3ccc4cc(C(C)(C)C)cc5ccc1c3c54)N(c1ccccc1-c1ccccc1)c1cc(-c3ccccc3C)ccc1C2. The van der Waals surface area contributed by atoms with Crippen molar-refractivity contribution in [3.8, 4) is 44.5 Å². The summed E-state index contributed by atoms with van der Waals surface area (Å²) in [5.41, 5.74) is 22.7. The van der Waals surface area contributed by atoms with Gasteiger partial charge < -0.3 is 9.80 Å². The first-order valence-corrected chi connectivity index (χ1v) is 25.7. The molecule has 0 unspecified atom stereocenters. The molecule has 1 aliphatic heterocycles. The van der Waals surface area contributed by atoms with Gasteiger partial charge in [-0.25, -0.2) is 0 Å². The average Bonchev–Trinajstić information content (AvgIpc) is 3.42. The van der Waals surface area contributed by atoms with E-state index < -0.39 is 0 Å². The summed E-state index contributed by atoms with van der Waals surface area (Å²) < 4.78 is 0. The number of nitrogens with zero attached hydrogens (tertiary/aromatic N) is 2. The molecule has 0 atom stereocenters. The fourth-order valence-electron chi connectivity index (χ4n) is 11.7. The minimum atomic E-state index is -0.0231. The zero-order valence-corrected chi connectivity index (χ0v) is 42.1. The molecule has 0 saturated carbocycles. The Hall–Kier alpha value is -8.72. The van der Waals surface area contributed by atoms with Crippen LogP contribution in [0.1, 0.15) is 48.6 Å². The molecule has 2 bridgehead atoms. The van der Waals surface area contributed by atoms with Crippen LogP contribution in [0.15, 0.2) is 237 Å². The highest BCUT2D eigenvalue weighted by Gasteiger charge is 2.31. The van der Waals surface area contributed by atoms with E-state index in [2.05, 4.69) is 281 Å². The van der Waals surface area contributed by atoms with Crippen molar-refractivity contribution in [2.45, 2.75) is 46.5 Å². The van der Waals surface area contributed by atoms with E-state index in [4.69, 9.17) is 0 Å². The molecule has 0 aromatic heterocycles. The molecule has 2 nitrogen and oxygen atoms in total. The van der Waals surface area contributed by atoms with Crippen molar-refractivity contribution >= 4 is 66.4 Å². The molecule has 12 aromatic rings. The molecule has 73 heavy (non-hydrogen) atoms. The minimum absolute atomic E-state index is 0.0231. The third kappa shape index (κ3) is 7.56. The van der Waals surface area contributed by atoms with Crippen LogP contribution >= 0.6 is 0 Å². The van der Waals surface area contributed by atoms with Crippen molar-refractivity contribution in [3.05, 3.63) is 264 Å². The second-order valence-electron chi connectivity index (χ2n) is 21.0.